The molecule has 0 aliphatic carbocycles. The third-order valence-electron chi connectivity index (χ3n) is 3.66. The van der Waals surface area contributed by atoms with Crippen LogP contribution in [0.4, 0.5) is 4.79 Å². The Morgan fingerprint density at radius 2 is 1.69 bits per heavy atom. The summed E-state index contributed by atoms with van der Waals surface area (Å²) in [7, 11) is -3.45. The minimum Gasteiger partial charge on any atom is -0.445 e. The molecule has 0 saturated heterocycles. The molecule has 2 N–H and O–H groups in total. The second-order valence-electron chi connectivity index (χ2n) is 6.29. The lowest BCUT2D eigenvalue weighted by Crippen LogP contribution is -2.27. The molecule has 0 radical (unpaired) electrons. The van der Waals surface area contributed by atoms with E-state index in [1.165, 1.54) is 0 Å². The van der Waals surface area contributed by atoms with E-state index in [1.54, 1.807) is 0 Å². The number of benzene rings is 1. The van der Waals surface area contributed by atoms with Gasteiger partial charge in [0.25, 0.3) is 10.1 Å². The zero-order valence-electron chi connectivity index (χ0n) is 16.7. The average molecular weight is 431 g/mol. The predicted molar refractivity (Wildman–Crippen MR) is 108 cm³/mol. The third-order valence-corrected chi connectivity index (χ3v) is 4.25. The highest BCUT2D eigenvalue weighted by molar-refractivity contribution is 7.85. The van der Waals surface area contributed by atoms with Crippen molar-refractivity contribution in [3.8, 4) is 0 Å². The summed E-state index contributed by atoms with van der Waals surface area (Å²) >= 11 is 0. The molecule has 0 spiro atoms. The van der Waals surface area contributed by atoms with Gasteiger partial charge in [0, 0.05) is 19.5 Å². The molecular formula is C19H30N2O7S. The maximum Gasteiger partial charge on any atom is 0.407 e. The molecule has 10 heteroatoms. The molecule has 0 atom stereocenters. The Kier molecular flexibility index (Phi) is 12.7. The van der Waals surface area contributed by atoms with E-state index in [9.17, 15) is 18.0 Å². The number of rotatable bonds is 15. The van der Waals surface area contributed by atoms with Gasteiger partial charge in [-0.2, -0.15) is 8.42 Å². The van der Waals surface area contributed by atoms with Crippen LogP contribution < -0.4 is 10.6 Å². The fourth-order valence-corrected chi connectivity index (χ4v) is 2.62. The normalized spacial score (nSPS) is 11.1. The number of unbranched alkanes of at least 4 members (excludes halogenated alkanes) is 2. The number of carbonyl (C=O) groups is 2. The lowest BCUT2D eigenvalue weighted by atomic mass is 10.2. The van der Waals surface area contributed by atoms with Gasteiger partial charge in [-0.3, -0.25) is 8.98 Å². The maximum absolute atomic E-state index is 11.7. The molecule has 0 aliphatic rings. The van der Waals surface area contributed by atoms with Crippen molar-refractivity contribution in [2.45, 2.75) is 32.3 Å². The number of alkyl carbamates (subject to hydrolysis) is 1. The average Bonchev–Trinajstić information content (AvgIpc) is 2.68. The van der Waals surface area contributed by atoms with Gasteiger partial charge in [0.2, 0.25) is 5.91 Å². The van der Waals surface area contributed by atoms with Crippen LogP contribution in [0.3, 0.4) is 0 Å². The molecule has 0 aliphatic heterocycles. The summed E-state index contributed by atoms with van der Waals surface area (Å²) in [4.78, 5) is 23.2. The van der Waals surface area contributed by atoms with Gasteiger partial charge in [-0.15, -0.1) is 0 Å². The molecular weight excluding hydrogens is 400 g/mol. The van der Waals surface area contributed by atoms with Crippen molar-refractivity contribution in [3.63, 3.8) is 0 Å². The Hall–Kier alpha value is -2.17. The first-order chi connectivity index (χ1) is 13.9. The molecule has 0 heterocycles. The zero-order valence-corrected chi connectivity index (χ0v) is 17.5. The molecule has 2 amide bonds. The van der Waals surface area contributed by atoms with Crippen molar-refractivity contribution in [2.24, 2.45) is 0 Å². The van der Waals surface area contributed by atoms with Crippen LogP contribution in [0.15, 0.2) is 30.3 Å². The Balaban J connectivity index is 1.89. The number of amides is 2. The minimum atomic E-state index is -3.45. The summed E-state index contributed by atoms with van der Waals surface area (Å²) in [5.41, 5.74) is 0.932. The molecule has 1 rings (SSSR count). The minimum absolute atomic E-state index is 0.0411. The summed E-state index contributed by atoms with van der Waals surface area (Å²) in [5, 5.41) is 5.40. The molecule has 0 unspecified atom stereocenters. The van der Waals surface area contributed by atoms with E-state index in [0.29, 0.717) is 19.5 Å². The number of nitrogens with one attached hydrogen (secondary N) is 2. The molecule has 0 fully saturated rings. The van der Waals surface area contributed by atoms with Gasteiger partial charge in [0.05, 0.1) is 26.1 Å². The number of ether oxygens (including phenoxy) is 2. The Morgan fingerprint density at radius 3 is 2.41 bits per heavy atom. The van der Waals surface area contributed by atoms with Gasteiger partial charge in [0.1, 0.15) is 6.61 Å². The number of carbonyl (C=O) groups excluding carboxylic acids is 2. The number of hydrogen-bond donors (Lipinski definition) is 2. The summed E-state index contributed by atoms with van der Waals surface area (Å²) in [5.74, 6) is -0.0729. The van der Waals surface area contributed by atoms with Crippen molar-refractivity contribution in [1.29, 1.82) is 0 Å². The zero-order chi connectivity index (χ0) is 21.4. The van der Waals surface area contributed by atoms with Gasteiger partial charge in [-0.1, -0.05) is 36.8 Å². The first-order valence-electron chi connectivity index (χ1n) is 9.50. The highest BCUT2D eigenvalue weighted by atomic mass is 32.2. The molecule has 29 heavy (non-hydrogen) atoms. The van der Waals surface area contributed by atoms with Gasteiger partial charge >= 0.3 is 6.09 Å². The summed E-state index contributed by atoms with van der Waals surface area (Å²) in [6.07, 6.45) is 3.21. The highest BCUT2D eigenvalue weighted by Crippen LogP contribution is 2.01. The van der Waals surface area contributed by atoms with Crippen LogP contribution in [0.1, 0.15) is 31.2 Å². The monoisotopic (exact) mass is 430 g/mol. The van der Waals surface area contributed by atoms with Gasteiger partial charge < -0.3 is 20.1 Å². The molecule has 164 valence electrons. The standard InChI is InChI=1S/C19H30N2O7S/c1-29(24,25)28-15-14-26-13-12-20-18(22)10-6-3-7-11-21-19(23)27-16-17-8-4-2-5-9-17/h2,4-5,8-9H,3,6-7,10-16H2,1H3,(H,20,22)(H,21,23). The van der Waals surface area contributed by atoms with Crippen molar-refractivity contribution < 1.29 is 31.7 Å². The van der Waals surface area contributed by atoms with Crippen LogP contribution >= 0.6 is 0 Å². The smallest absolute Gasteiger partial charge is 0.407 e. The molecule has 0 aromatic heterocycles. The molecule has 0 bridgehead atoms. The van der Waals surface area contributed by atoms with Crippen LogP contribution in [0.5, 0.6) is 0 Å². The first-order valence-corrected chi connectivity index (χ1v) is 11.3. The van der Waals surface area contributed by atoms with Crippen molar-refractivity contribution in [3.05, 3.63) is 35.9 Å². The lowest BCUT2D eigenvalue weighted by molar-refractivity contribution is -0.121. The van der Waals surface area contributed by atoms with Crippen LogP contribution in [-0.2, 0) is 35.2 Å². The molecule has 1 aromatic rings. The van der Waals surface area contributed by atoms with E-state index in [1.807, 2.05) is 30.3 Å². The fourth-order valence-electron chi connectivity index (χ4n) is 2.25. The van der Waals surface area contributed by atoms with Crippen LogP contribution in [0.25, 0.3) is 0 Å². The summed E-state index contributed by atoms with van der Waals surface area (Å²) in [6, 6.07) is 9.45. The number of hydrogen-bond acceptors (Lipinski definition) is 7. The lowest BCUT2D eigenvalue weighted by Gasteiger charge is -2.08. The quantitative estimate of drug-likeness (QED) is 0.320. The maximum atomic E-state index is 11.7. The Bertz CT molecular complexity index is 696. The van der Waals surface area contributed by atoms with E-state index >= 15 is 0 Å². The first kappa shape index (κ1) is 24.9. The van der Waals surface area contributed by atoms with Gasteiger partial charge in [0.15, 0.2) is 0 Å². The Labute approximate surface area is 172 Å². The topological polar surface area (TPSA) is 120 Å². The van der Waals surface area contributed by atoms with Crippen molar-refractivity contribution in [2.75, 3.05) is 39.2 Å². The van der Waals surface area contributed by atoms with Gasteiger partial charge in [-0.05, 0) is 18.4 Å². The van der Waals surface area contributed by atoms with Crippen LogP contribution in [0.2, 0.25) is 0 Å². The second-order valence-corrected chi connectivity index (χ2v) is 7.93. The largest absolute Gasteiger partial charge is 0.445 e. The summed E-state index contributed by atoms with van der Waals surface area (Å²) in [6.45, 7) is 1.48. The van der Waals surface area contributed by atoms with E-state index in [0.717, 1.165) is 31.1 Å². The van der Waals surface area contributed by atoms with E-state index < -0.39 is 16.2 Å². The van der Waals surface area contributed by atoms with E-state index in [4.69, 9.17) is 9.47 Å². The fraction of sp³-hybridized carbons (Fsp3) is 0.579. The van der Waals surface area contributed by atoms with E-state index in [-0.39, 0.29) is 32.3 Å². The van der Waals surface area contributed by atoms with E-state index in [2.05, 4.69) is 14.8 Å². The van der Waals surface area contributed by atoms with Crippen LogP contribution in [0, 0.1) is 0 Å². The van der Waals surface area contributed by atoms with Crippen molar-refractivity contribution in [1.82, 2.24) is 10.6 Å². The van der Waals surface area contributed by atoms with Crippen molar-refractivity contribution >= 4 is 22.1 Å². The summed E-state index contributed by atoms with van der Waals surface area (Å²) < 4.78 is 36.2. The Morgan fingerprint density at radius 1 is 0.931 bits per heavy atom. The molecule has 1 aromatic carbocycles. The molecule has 0 saturated carbocycles. The van der Waals surface area contributed by atoms with Gasteiger partial charge in [-0.25, -0.2) is 4.79 Å². The third kappa shape index (κ3) is 15.4. The SMILES string of the molecule is CS(=O)(=O)OCCOCCNC(=O)CCCCCNC(=O)OCc1ccccc1. The predicted octanol–water partition coefficient (Wildman–Crippen LogP) is 1.58. The second kappa shape index (κ2) is 14.8. The van der Waals surface area contributed by atoms with Crippen LogP contribution in [-0.4, -0.2) is 59.6 Å². The highest BCUT2D eigenvalue weighted by Gasteiger charge is 2.04. The molecule has 9 nitrogen and oxygen atoms in total.